The fourth-order valence-electron chi connectivity index (χ4n) is 2.38. The molecule has 0 atom stereocenters. The molecule has 2 N–H and O–H groups in total. The Kier molecular flexibility index (Phi) is 6.27. The zero-order valence-electron chi connectivity index (χ0n) is 15.0. The van der Waals surface area contributed by atoms with Crippen molar-refractivity contribution in [3.63, 3.8) is 0 Å². The van der Waals surface area contributed by atoms with Gasteiger partial charge >= 0.3 is 0 Å². The predicted octanol–water partition coefficient (Wildman–Crippen LogP) is 3.64. The minimum atomic E-state index is -3.82. The topological polar surface area (TPSA) is 101 Å². The van der Waals surface area contributed by atoms with Crippen molar-refractivity contribution in [1.29, 1.82) is 0 Å². The van der Waals surface area contributed by atoms with Crippen LogP contribution in [0.5, 0.6) is 0 Å². The average Bonchev–Trinajstić information content (AvgIpc) is 2.69. The molecule has 28 heavy (non-hydrogen) atoms. The van der Waals surface area contributed by atoms with Crippen molar-refractivity contribution in [3.8, 4) is 0 Å². The van der Waals surface area contributed by atoms with Crippen molar-refractivity contribution in [1.82, 2.24) is 9.97 Å². The van der Waals surface area contributed by atoms with Gasteiger partial charge in [0.1, 0.15) is 0 Å². The monoisotopic (exact) mass is 414 g/mol. The van der Waals surface area contributed by atoms with Gasteiger partial charge in [0, 0.05) is 23.0 Å². The van der Waals surface area contributed by atoms with Crippen LogP contribution in [0.25, 0.3) is 0 Å². The van der Waals surface area contributed by atoms with Crippen LogP contribution in [-0.4, -0.2) is 30.0 Å². The van der Waals surface area contributed by atoms with Gasteiger partial charge in [0.05, 0.1) is 10.5 Å². The molecule has 0 aliphatic heterocycles. The highest BCUT2D eigenvalue weighted by Crippen LogP contribution is 2.23. The molecule has 7 nitrogen and oxygen atoms in total. The molecule has 0 fully saturated rings. The first-order chi connectivity index (χ1) is 13.5. The molecule has 0 bridgehead atoms. The van der Waals surface area contributed by atoms with Crippen LogP contribution in [0.15, 0.2) is 76.8 Å². The van der Waals surface area contributed by atoms with Crippen molar-refractivity contribution >= 4 is 39.3 Å². The number of rotatable bonds is 7. The van der Waals surface area contributed by atoms with Gasteiger partial charge in [0.15, 0.2) is 0 Å². The molecule has 0 unspecified atom stereocenters. The summed E-state index contributed by atoms with van der Waals surface area (Å²) in [5, 5.41) is 2.79. The fraction of sp³-hybridized carbons (Fsp3) is 0.105. The molecular formula is C19H18N4O3S2. The average molecular weight is 415 g/mol. The van der Waals surface area contributed by atoms with Crippen LogP contribution in [0.2, 0.25) is 0 Å². The molecule has 1 heterocycles. The summed E-state index contributed by atoms with van der Waals surface area (Å²) in [7, 11) is -3.82. The lowest BCUT2D eigenvalue weighted by molar-refractivity contribution is 0.102. The number of hydrogen-bond donors (Lipinski definition) is 2. The Balaban J connectivity index is 1.73. The summed E-state index contributed by atoms with van der Waals surface area (Å²) in [4.78, 5) is 21.2. The number of nitrogens with zero attached hydrogens (tertiary/aromatic N) is 2. The standard InChI is InChI=1S/C19H18N4O3S2/c1-2-27-17-7-4-3-6-16(17)18(24)22-14-8-10-15(11-9-14)28(25,26)23-19-20-12-5-13-21-19/h3-13H,2H2,1H3,(H,22,24)(H,20,21,23). The number of aromatic nitrogens is 2. The fourth-order valence-corrected chi connectivity index (χ4v) is 4.14. The number of carbonyl (C=O) groups is 1. The smallest absolute Gasteiger partial charge is 0.264 e. The molecule has 3 aromatic rings. The highest BCUT2D eigenvalue weighted by Gasteiger charge is 2.16. The largest absolute Gasteiger partial charge is 0.322 e. The van der Waals surface area contributed by atoms with Gasteiger partial charge in [-0.1, -0.05) is 19.1 Å². The van der Waals surface area contributed by atoms with Crippen molar-refractivity contribution in [2.45, 2.75) is 16.7 Å². The summed E-state index contributed by atoms with van der Waals surface area (Å²) in [6.07, 6.45) is 2.89. The number of carbonyl (C=O) groups excluding carboxylic acids is 1. The zero-order chi connectivity index (χ0) is 20.0. The number of nitrogens with one attached hydrogen (secondary N) is 2. The quantitative estimate of drug-likeness (QED) is 0.573. The summed E-state index contributed by atoms with van der Waals surface area (Å²) in [5.41, 5.74) is 1.07. The van der Waals surface area contributed by atoms with Crippen molar-refractivity contribution in [2.75, 3.05) is 15.8 Å². The molecule has 1 amide bonds. The van der Waals surface area contributed by atoms with E-state index in [-0.39, 0.29) is 16.8 Å². The molecular weight excluding hydrogens is 396 g/mol. The minimum absolute atomic E-state index is 0.00934. The number of hydrogen-bond acceptors (Lipinski definition) is 6. The van der Waals surface area contributed by atoms with E-state index in [1.165, 1.54) is 36.7 Å². The van der Waals surface area contributed by atoms with Gasteiger partial charge in [-0.25, -0.2) is 23.1 Å². The number of amides is 1. The normalized spacial score (nSPS) is 11.0. The molecule has 0 spiro atoms. The SMILES string of the molecule is CCSc1ccccc1C(=O)Nc1ccc(S(=O)(=O)Nc2ncccn2)cc1. The highest BCUT2D eigenvalue weighted by molar-refractivity contribution is 7.99. The van der Waals surface area contributed by atoms with E-state index in [0.717, 1.165) is 10.6 Å². The third-order valence-corrected chi connectivity index (χ3v) is 5.95. The summed E-state index contributed by atoms with van der Waals surface area (Å²) >= 11 is 1.59. The first-order valence-corrected chi connectivity index (χ1v) is 10.9. The maximum absolute atomic E-state index is 12.6. The van der Waals surface area contributed by atoms with Gasteiger partial charge in [-0.15, -0.1) is 11.8 Å². The second kappa shape index (κ2) is 8.85. The number of thioether (sulfide) groups is 1. The predicted molar refractivity (Wildman–Crippen MR) is 110 cm³/mol. The van der Waals surface area contributed by atoms with E-state index in [2.05, 4.69) is 20.0 Å². The maximum atomic E-state index is 12.6. The Bertz CT molecular complexity index is 1060. The molecule has 9 heteroatoms. The molecule has 1 aromatic heterocycles. The Morgan fingerprint density at radius 2 is 1.68 bits per heavy atom. The Morgan fingerprint density at radius 3 is 2.36 bits per heavy atom. The first-order valence-electron chi connectivity index (χ1n) is 8.42. The van der Waals surface area contributed by atoms with Gasteiger partial charge in [0.25, 0.3) is 15.9 Å². The van der Waals surface area contributed by atoms with Gasteiger partial charge in [0.2, 0.25) is 5.95 Å². The van der Waals surface area contributed by atoms with Crippen LogP contribution in [0, 0.1) is 0 Å². The first kappa shape index (κ1) is 19.8. The maximum Gasteiger partial charge on any atom is 0.264 e. The molecule has 0 radical (unpaired) electrons. The van der Waals surface area contributed by atoms with Crippen LogP contribution in [0.4, 0.5) is 11.6 Å². The Hall–Kier alpha value is -2.91. The van der Waals surface area contributed by atoms with Crippen molar-refractivity contribution in [3.05, 3.63) is 72.6 Å². The van der Waals surface area contributed by atoms with E-state index in [9.17, 15) is 13.2 Å². The number of sulfonamides is 1. The lowest BCUT2D eigenvalue weighted by atomic mass is 10.2. The minimum Gasteiger partial charge on any atom is -0.322 e. The molecule has 0 saturated carbocycles. The van der Waals surface area contributed by atoms with Gasteiger partial charge < -0.3 is 5.32 Å². The number of anilines is 2. The van der Waals surface area contributed by atoms with Crippen LogP contribution >= 0.6 is 11.8 Å². The Morgan fingerprint density at radius 1 is 1.00 bits per heavy atom. The van der Waals surface area contributed by atoms with Gasteiger partial charge in [-0.3, -0.25) is 4.79 Å². The Labute approximate surface area is 167 Å². The van der Waals surface area contributed by atoms with E-state index in [1.54, 1.807) is 23.9 Å². The van der Waals surface area contributed by atoms with Crippen LogP contribution in [-0.2, 0) is 10.0 Å². The van der Waals surface area contributed by atoms with Crippen molar-refractivity contribution < 1.29 is 13.2 Å². The van der Waals surface area contributed by atoms with E-state index < -0.39 is 10.0 Å². The molecule has 0 aliphatic carbocycles. The van der Waals surface area contributed by atoms with Gasteiger partial charge in [-0.2, -0.15) is 0 Å². The summed E-state index contributed by atoms with van der Waals surface area (Å²) in [5.74, 6) is 0.600. The molecule has 0 saturated heterocycles. The molecule has 0 aliphatic rings. The third kappa shape index (κ3) is 4.87. The summed E-state index contributed by atoms with van der Waals surface area (Å²) < 4.78 is 27.1. The highest BCUT2D eigenvalue weighted by atomic mass is 32.2. The second-order valence-corrected chi connectivity index (χ2v) is 8.57. The lowest BCUT2D eigenvalue weighted by Gasteiger charge is -2.10. The zero-order valence-corrected chi connectivity index (χ0v) is 16.6. The molecule has 3 rings (SSSR count). The summed E-state index contributed by atoms with van der Waals surface area (Å²) in [6.45, 7) is 2.02. The van der Waals surface area contributed by atoms with Crippen LogP contribution in [0.3, 0.4) is 0 Å². The van der Waals surface area contributed by atoms with E-state index in [1.807, 2.05) is 25.1 Å². The van der Waals surface area contributed by atoms with E-state index in [4.69, 9.17) is 0 Å². The van der Waals surface area contributed by atoms with Crippen LogP contribution in [0.1, 0.15) is 17.3 Å². The van der Waals surface area contributed by atoms with E-state index >= 15 is 0 Å². The summed E-state index contributed by atoms with van der Waals surface area (Å²) in [6, 6.07) is 14.8. The van der Waals surface area contributed by atoms with E-state index in [0.29, 0.717) is 11.3 Å². The molecule has 144 valence electrons. The van der Waals surface area contributed by atoms with Crippen molar-refractivity contribution in [2.24, 2.45) is 0 Å². The lowest BCUT2D eigenvalue weighted by Crippen LogP contribution is -2.15. The third-order valence-electron chi connectivity index (χ3n) is 3.65. The number of benzene rings is 2. The van der Waals surface area contributed by atoms with Crippen LogP contribution < -0.4 is 10.0 Å². The second-order valence-electron chi connectivity index (χ2n) is 5.59. The molecule has 2 aromatic carbocycles. The van der Waals surface area contributed by atoms with Gasteiger partial charge in [-0.05, 0) is 48.2 Å².